The number of nitrogens with zero attached hydrogens (tertiary/aromatic N) is 1. The second-order valence-corrected chi connectivity index (χ2v) is 4.49. The number of pyridine rings is 1. The largest absolute Gasteiger partial charge is 0.497 e. The summed E-state index contributed by atoms with van der Waals surface area (Å²) >= 11 is 0. The first-order chi connectivity index (χ1) is 9.11. The van der Waals surface area contributed by atoms with Gasteiger partial charge in [0.1, 0.15) is 11.6 Å². The molecule has 4 heteroatoms. The summed E-state index contributed by atoms with van der Waals surface area (Å²) in [4.78, 5) is 4.03. The van der Waals surface area contributed by atoms with Crippen molar-refractivity contribution in [3.63, 3.8) is 0 Å². The Kier molecular flexibility index (Phi) is 4.02. The van der Waals surface area contributed by atoms with Crippen molar-refractivity contribution in [2.75, 3.05) is 12.8 Å². The first-order valence-corrected chi connectivity index (χ1v) is 6.13. The van der Waals surface area contributed by atoms with Crippen LogP contribution in [0.15, 0.2) is 36.5 Å². The molecular weight excluding hydrogens is 240 g/mol. The normalized spacial score (nSPS) is 12.2. The van der Waals surface area contributed by atoms with E-state index in [0.717, 1.165) is 16.9 Å². The lowest BCUT2D eigenvalue weighted by molar-refractivity contribution is 0.178. The Bertz CT molecular complexity index is 532. The van der Waals surface area contributed by atoms with Gasteiger partial charge < -0.3 is 15.6 Å². The first kappa shape index (κ1) is 13.4. The lowest BCUT2D eigenvalue weighted by Gasteiger charge is -2.15. The van der Waals surface area contributed by atoms with Crippen LogP contribution in [0.2, 0.25) is 0 Å². The summed E-state index contributed by atoms with van der Waals surface area (Å²) in [6, 6.07) is 9.47. The van der Waals surface area contributed by atoms with Crippen LogP contribution in [0.4, 0.5) is 5.82 Å². The van der Waals surface area contributed by atoms with E-state index in [4.69, 9.17) is 10.5 Å². The van der Waals surface area contributed by atoms with Crippen LogP contribution in [-0.4, -0.2) is 17.2 Å². The van der Waals surface area contributed by atoms with E-state index < -0.39 is 6.10 Å². The molecule has 1 aromatic carbocycles. The van der Waals surface area contributed by atoms with Crippen LogP contribution in [0.3, 0.4) is 0 Å². The molecule has 0 saturated heterocycles. The average molecular weight is 258 g/mol. The zero-order chi connectivity index (χ0) is 13.8. The summed E-state index contributed by atoms with van der Waals surface area (Å²) in [6.45, 7) is 1.92. The minimum Gasteiger partial charge on any atom is -0.497 e. The van der Waals surface area contributed by atoms with Gasteiger partial charge in [-0.05, 0) is 36.2 Å². The van der Waals surface area contributed by atoms with Crippen LogP contribution in [-0.2, 0) is 6.42 Å². The van der Waals surface area contributed by atoms with Gasteiger partial charge in [0.25, 0.3) is 0 Å². The monoisotopic (exact) mass is 258 g/mol. The van der Waals surface area contributed by atoms with Crippen LogP contribution in [0.25, 0.3) is 0 Å². The molecule has 1 atom stereocenters. The second-order valence-electron chi connectivity index (χ2n) is 4.49. The molecular formula is C15H18N2O2. The van der Waals surface area contributed by atoms with Gasteiger partial charge in [-0.15, -0.1) is 0 Å². The first-order valence-electron chi connectivity index (χ1n) is 6.13. The summed E-state index contributed by atoms with van der Waals surface area (Å²) in [5, 5.41) is 10.3. The summed E-state index contributed by atoms with van der Waals surface area (Å²) in [7, 11) is 1.63. The van der Waals surface area contributed by atoms with Crippen molar-refractivity contribution in [2.24, 2.45) is 0 Å². The Labute approximate surface area is 112 Å². The predicted molar refractivity (Wildman–Crippen MR) is 75.0 cm³/mol. The molecule has 1 aromatic heterocycles. The number of aliphatic hydroxyl groups is 1. The summed E-state index contributed by atoms with van der Waals surface area (Å²) in [5.74, 6) is 1.19. The highest BCUT2D eigenvalue weighted by Crippen LogP contribution is 2.26. The molecule has 0 fully saturated rings. The van der Waals surface area contributed by atoms with Crippen molar-refractivity contribution >= 4 is 5.82 Å². The number of nitrogens with two attached hydrogens (primary N) is 1. The van der Waals surface area contributed by atoms with Gasteiger partial charge in [0.2, 0.25) is 0 Å². The fraction of sp³-hybridized carbons (Fsp3) is 0.267. The topological polar surface area (TPSA) is 68.4 Å². The second kappa shape index (κ2) is 5.71. The Hall–Kier alpha value is -2.07. The van der Waals surface area contributed by atoms with E-state index in [-0.39, 0.29) is 0 Å². The van der Waals surface area contributed by atoms with Crippen LogP contribution in [0, 0.1) is 6.92 Å². The van der Waals surface area contributed by atoms with Gasteiger partial charge >= 0.3 is 0 Å². The van der Waals surface area contributed by atoms with E-state index in [1.807, 2.05) is 37.3 Å². The van der Waals surface area contributed by atoms with E-state index >= 15 is 0 Å². The van der Waals surface area contributed by atoms with Gasteiger partial charge in [-0.1, -0.05) is 12.1 Å². The Morgan fingerprint density at radius 2 is 1.95 bits per heavy atom. The number of aryl methyl sites for hydroxylation is 1. The summed E-state index contributed by atoms with van der Waals surface area (Å²) in [5.41, 5.74) is 8.51. The molecule has 0 aliphatic heterocycles. The van der Waals surface area contributed by atoms with Crippen molar-refractivity contribution in [3.8, 4) is 5.75 Å². The molecule has 19 heavy (non-hydrogen) atoms. The molecule has 0 amide bonds. The van der Waals surface area contributed by atoms with E-state index in [1.54, 1.807) is 13.3 Å². The number of ether oxygens (including phenoxy) is 1. The van der Waals surface area contributed by atoms with Crippen LogP contribution < -0.4 is 10.5 Å². The zero-order valence-electron chi connectivity index (χ0n) is 11.1. The maximum atomic E-state index is 10.3. The molecule has 1 heterocycles. The molecule has 0 saturated carbocycles. The van der Waals surface area contributed by atoms with Gasteiger partial charge in [0, 0.05) is 18.2 Å². The maximum Gasteiger partial charge on any atom is 0.129 e. The summed E-state index contributed by atoms with van der Waals surface area (Å²) < 4.78 is 5.10. The predicted octanol–water partition coefficient (Wildman–Crippen LogP) is 2.26. The molecule has 1 unspecified atom stereocenters. The van der Waals surface area contributed by atoms with E-state index in [1.165, 1.54) is 0 Å². The number of hydrogen-bond donors (Lipinski definition) is 2. The Morgan fingerprint density at radius 1 is 1.26 bits per heavy atom. The van der Waals surface area contributed by atoms with Crippen LogP contribution in [0.1, 0.15) is 22.8 Å². The van der Waals surface area contributed by atoms with Gasteiger partial charge in [-0.3, -0.25) is 0 Å². The maximum absolute atomic E-state index is 10.3. The van der Waals surface area contributed by atoms with E-state index in [2.05, 4.69) is 4.98 Å². The standard InChI is InChI=1S/C15H18N2O2/c1-10-7-8-17-15(16)14(10)13(18)9-11-3-5-12(19-2)6-4-11/h3-8,13,18H,9H2,1-2H3,(H2,16,17). The number of aliphatic hydroxyl groups excluding tert-OH is 1. The fourth-order valence-corrected chi connectivity index (χ4v) is 2.11. The Balaban J connectivity index is 2.18. The van der Waals surface area contributed by atoms with Crippen molar-refractivity contribution in [1.29, 1.82) is 0 Å². The molecule has 0 aliphatic carbocycles. The van der Waals surface area contributed by atoms with E-state index in [9.17, 15) is 5.11 Å². The molecule has 2 rings (SSSR count). The molecule has 2 aromatic rings. The molecule has 0 spiro atoms. The quantitative estimate of drug-likeness (QED) is 0.882. The van der Waals surface area contributed by atoms with Crippen molar-refractivity contribution in [1.82, 2.24) is 4.98 Å². The number of benzene rings is 1. The van der Waals surface area contributed by atoms with Crippen molar-refractivity contribution < 1.29 is 9.84 Å². The molecule has 0 aliphatic rings. The van der Waals surface area contributed by atoms with Gasteiger partial charge in [-0.25, -0.2) is 4.98 Å². The Morgan fingerprint density at radius 3 is 2.53 bits per heavy atom. The third-order valence-corrected chi connectivity index (χ3v) is 3.16. The fourth-order valence-electron chi connectivity index (χ4n) is 2.11. The minimum atomic E-state index is -0.651. The highest BCUT2D eigenvalue weighted by Gasteiger charge is 2.15. The number of methoxy groups -OCH3 is 1. The van der Waals surface area contributed by atoms with Gasteiger partial charge in [0.15, 0.2) is 0 Å². The number of aromatic nitrogens is 1. The van der Waals surface area contributed by atoms with Crippen LogP contribution in [0.5, 0.6) is 5.75 Å². The van der Waals surface area contributed by atoms with Crippen LogP contribution >= 0.6 is 0 Å². The molecule has 0 radical (unpaired) electrons. The van der Waals surface area contributed by atoms with Gasteiger partial charge in [-0.2, -0.15) is 0 Å². The van der Waals surface area contributed by atoms with Crippen molar-refractivity contribution in [3.05, 3.63) is 53.2 Å². The minimum absolute atomic E-state index is 0.390. The smallest absolute Gasteiger partial charge is 0.129 e. The highest BCUT2D eigenvalue weighted by molar-refractivity contribution is 5.46. The van der Waals surface area contributed by atoms with Crippen molar-refractivity contribution in [2.45, 2.75) is 19.4 Å². The number of anilines is 1. The van der Waals surface area contributed by atoms with E-state index in [0.29, 0.717) is 17.8 Å². The average Bonchev–Trinajstić information content (AvgIpc) is 2.39. The number of rotatable bonds is 4. The summed E-state index contributed by atoms with van der Waals surface area (Å²) in [6.07, 6.45) is 1.50. The molecule has 3 N–H and O–H groups in total. The third kappa shape index (κ3) is 3.03. The molecule has 100 valence electrons. The lowest BCUT2D eigenvalue weighted by atomic mass is 9.98. The SMILES string of the molecule is COc1ccc(CC(O)c2c(C)ccnc2N)cc1. The molecule has 4 nitrogen and oxygen atoms in total. The highest BCUT2D eigenvalue weighted by atomic mass is 16.5. The molecule has 0 bridgehead atoms. The number of nitrogen functional groups attached to an aromatic ring is 1. The lowest BCUT2D eigenvalue weighted by Crippen LogP contribution is -2.08. The van der Waals surface area contributed by atoms with Gasteiger partial charge in [0.05, 0.1) is 13.2 Å². The number of hydrogen-bond acceptors (Lipinski definition) is 4. The zero-order valence-corrected chi connectivity index (χ0v) is 11.1. The third-order valence-electron chi connectivity index (χ3n) is 3.16.